The van der Waals surface area contributed by atoms with Crippen molar-refractivity contribution in [3.63, 3.8) is 0 Å². The lowest BCUT2D eigenvalue weighted by Crippen LogP contribution is -2.54. The molecule has 1 aliphatic heterocycles. The summed E-state index contributed by atoms with van der Waals surface area (Å²) in [5.41, 5.74) is 1.12. The highest BCUT2D eigenvalue weighted by Crippen LogP contribution is 2.23. The van der Waals surface area contributed by atoms with E-state index in [0.717, 1.165) is 18.4 Å². The summed E-state index contributed by atoms with van der Waals surface area (Å²) in [4.78, 5) is 28.7. The molecule has 3 unspecified atom stereocenters. The molecule has 0 saturated carbocycles. The Bertz CT molecular complexity index is 1050. The van der Waals surface area contributed by atoms with Crippen molar-refractivity contribution in [3.05, 3.63) is 35.1 Å². The van der Waals surface area contributed by atoms with Crippen LogP contribution in [0.1, 0.15) is 60.2 Å². The van der Waals surface area contributed by atoms with Gasteiger partial charge in [-0.15, -0.1) is 10.2 Å². The second kappa shape index (κ2) is 11.8. The summed E-state index contributed by atoms with van der Waals surface area (Å²) in [5.74, 6) is 1.47. The van der Waals surface area contributed by atoms with Crippen LogP contribution < -0.4 is 5.32 Å². The van der Waals surface area contributed by atoms with Gasteiger partial charge in [0.2, 0.25) is 5.91 Å². The lowest BCUT2D eigenvalue weighted by atomic mass is 9.99. The average molecular weight is 501 g/mol. The number of hydrogen-bond donors (Lipinski definition) is 1. The summed E-state index contributed by atoms with van der Waals surface area (Å²) < 4.78 is 1.59. The summed E-state index contributed by atoms with van der Waals surface area (Å²) >= 11 is 5.99. The van der Waals surface area contributed by atoms with Gasteiger partial charge < -0.3 is 10.2 Å². The summed E-state index contributed by atoms with van der Waals surface area (Å²) in [7, 11) is 0. The van der Waals surface area contributed by atoms with E-state index in [0.29, 0.717) is 47.3 Å². The maximum atomic E-state index is 13.6. The van der Waals surface area contributed by atoms with E-state index >= 15 is 0 Å². The number of hydrogen-bond acceptors (Lipinski definition) is 5. The van der Waals surface area contributed by atoms with Crippen LogP contribution in [0.15, 0.2) is 29.4 Å². The number of fused-ring (bicyclic) bond motifs is 1. The Morgan fingerprint density at radius 3 is 2.17 bits per heavy atom. The minimum absolute atomic E-state index is 0.0335. The van der Waals surface area contributed by atoms with Crippen molar-refractivity contribution >= 4 is 29.1 Å². The third-order valence-electron chi connectivity index (χ3n) is 6.61. The number of halogens is 1. The van der Waals surface area contributed by atoms with Crippen LogP contribution >= 0.6 is 11.6 Å². The first-order valence-electron chi connectivity index (χ1n) is 12.5. The molecule has 35 heavy (non-hydrogen) atoms. The van der Waals surface area contributed by atoms with Crippen LogP contribution in [0.25, 0.3) is 11.4 Å². The molecule has 3 rings (SSSR count). The molecule has 0 fully saturated rings. The van der Waals surface area contributed by atoms with E-state index in [9.17, 15) is 9.59 Å². The first-order chi connectivity index (χ1) is 16.6. The van der Waals surface area contributed by atoms with Crippen molar-refractivity contribution in [1.82, 2.24) is 25.1 Å². The minimum atomic E-state index is -0.625. The molecule has 1 aromatic heterocycles. The van der Waals surface area contributed by atoms with Crippen LogP contribution in [0.2, 0.25) is 5.02 Å². The van der Waals surface area contributed by atoms with E-state index < -0.39 is 6.04 Å². The number of nitrogens with one attached hydrogen (secondary N) is 1. The fraction of sp³-hybridized carbons (Fsp3) is 0.577. The Labute approximate surface area is 213 Å². The Morgan fingerprint density at radius 1 is 1.03 bits per heavy atom. The molecule has 190 valence electrons. The van der Waals surface area contributed by atoms with E-state index in [2.05, 4.69) is 48.3 Å². The Balaban J connectivity index is 1.78. The molecule has 0 bridgehead atoms. The molecule has 2 heterocycles. The summed E-state index contributed by atoms with van der Waals surface area (Å²) in [6.07, 6.45) is 2.25. The number of rotatable bonds is 11. The van der Waals surface area contributed by atoms with Crippen molar-refractivity contribution in [1.29, 1.82) is 0 Å². The van der Waals surface area contributed by atoms with Gasteiger partial charge in [0.15, 0.2) is 11.6 Å². The predicted octanol–water partition coefficient (Wildman–Crippen LogP) is 4.42. The third-order valence-corrected chi connectivity index (χ3v) is 6.86. The fourth-order valence-electron chi connectivity index (χ4n) is 3.94. The molecular formula is C26H37ClN6O2. The highest BCUT2D eigenvalue weighted by atomic mass is 35.5. The molecular weight excluding hydrogens is 464 g/mol. The smallest absolute Gasteiger partial charge is 0.268 e. The molecule has 0 saturated heterocycles. The lowest BCUT2D eigenvalue weighted by molar-refractivity contribution is -0.137. The van der Waals surface area contributed by atoms with Crippen molar-refractivity contribution in [2.45, 2.75) is 66.8 Å². The molecule has 9 heteroatoms. The van der Waals surface area contributed by atoms with Gasteiger partial charge in [0.25, 0.3) is 5.91 Å². The maximum absolute atomic E-state index is 13.6. The summed E-state index contributed by atoms with van der Waals surface area (Å²) in [6, 6.07) is 6.59. The highest BCUT2D eigenvalue weighted by Gasteiger charge is 2.33. The van der Waals surface area contributed by atoms with E-state index in [4.69, 9.17) is 11.6 Å². The monoisotopic (exact) mass is 500 g/mol. The highest BCUT2D eigenvalue weighted by molar-refractivity contribution is 6.40. The largest absolute Gasteiger partial charge is 0.340 e. The van der Waals surface area contributed by atoms with E-state index in [-0.39, 0.29) is 24.2 Å². The Morgan fingerprint density at radius 2 is 1.63 bits per heavy atom. The number of benzene rings is 1. The molecule has 0 radical (unpaired) electrons. The van der Waals surface area contributed by atoms with E-state index in [1.165, 1.54) is 0 Å². The first kappa shape index (κ1) is 26.9. The normalized spacial score (nSPS) is 15.4. The topological polar surface area (TPSA) is 92.5 Å². The molecule has 2 aromatic rings. The van der Waals surface area contributed by atoms with Crippen LogP contribution in [-0.4, -0.2) is 56.4 Å². The predicted molar refractivity (Wildman–Crippen MR) is 139 cm³/mol. The van der Waals surface area contributed by atoms with Gasteiger partial charge in [-0.05, 0) is 42.0 Å². The molecule has 8 nitrogen and oxygen atoms in total. The van der Waals surface area contributed by atoms with Gasteiger partial charge in [-0.3, -0.25) is 9.59 Å². The van der Waals surface area contributed by atoms with Crippen LogP contribution in [0.4, 0.5) is 0 Å². The fourth-order valence-corrected chi connectivity index (χ4v) is 4.06. The van der Waals surface area contributed by atoms with Gasteiger partial charge in [0.05, 0.1) is 6.42 Å². The average Bonchev–Trinajstić information content (AvgIpc) is 3.43. The summed E-state index contributed by atoms with van der Waals surface area (Å²) in [6.45, 7) is 13.9. The third kappa shape index (κ3) is 6.48. The second-order valence-electron chi connectivity index (χ2n) is 9.95. The molecule has 0 spiro atoms. The standard InChI is InChI=1S/C26H37ClN6O2/c1-7-17(5)14-32(15-18(6)8-2)26(35)23(16(3)4)28-25(34)21-13-22-29-30-24(33(22)31-21)19-9-11-20(27)12-10-19/h9-12,16-18,23H,7-8,13-15H2,1-6H3,(H,28,34). The number of aromatic nitrogens is 3. The van der Waals surface area contributed by atoms with Gasteiger partial charge in [-0.2, -0.15) is 9.78 Å². The van der Waals surface area contributed by atoms with Crippen molar-refractivity contribution in [3.8, 4) is 11.4 Å². The molecule has 1 aliphatic rings. The van der Waals surface area contributed by atoms with Gasteiger partial charge in [-0.25, -0.2) is 0 Å². The number of carbonyl (C=O) groups excluding carboxylic acids is 2. The van der Waals surface area contributed by atoms with Crippen molar-refractivity contribution in [2.75, 3.05) is 13.1 Å². The van der Waals surface area contributed by atoms with Gasteiger partial charge in [0.1, 0.15) is 11.8 Å². The molecule has 3 atom stereocenters. The number of amides is 2. The lowest BCUT2D eigenvalue weighted by Gasteiger charge is -2.33. The van der Waals surface area contributed by atoms with Gasteiger partial charge >= 0.3 is 0 Å². The van der Waals surface area contributed by atoms with Gasteiger partial charge in [-0.1, -0.05) is 66.0 Å². The van der Waals surface area contributed by atoms with E-state index in [1.807, 2.05) is 30.9 Å². The maximum Gasteiger partial charge on any atom is 0.268 e. The Kier molecular flexibility index (Phi) is 9.05. The van der Waals surface area contributed by atoms with Gasteiger partial charge in [0, 0.05) is 23.7 Å². The quantitative estimate of drug-likeness (QED) is 0.494. The van der Waals surface area contributed by atoms with Crippen molar-refractivity contribution in [2.24, 2.45) is 22.9 Å². The zero-order valence-electron chi connectivity index (χ0n) is 21.6. The molecule has 0 aliphatic carbocycles. The van der Waals surface area contributed by atoms with Crippen LogP contribution in [0.3, 0.4) is 0 Å². The minimum Gasteiger partial charge on any atom is -0.340 e. The van der Waals surface area contributed by atoms with Crippen LogP contribution in [0, 0.1) is 17.8 Å². The van der Waals surface area contributed by atoms with Crippen LogP contribution in [0.5, 0.6) is 0 Å². The molecule has 1 N–H and O–H groups in total. The molecule has 1 aromatic carbocycles. The number of nitrogens with zero attached hydrogens (tertiary/aromatic N) is 5. The second-order valence-corrected chi connectivity index (χ2v) is 10.4. The Hall–Kier alpha value is -2.74. The summed E-state index contributed by atoms with van der Waals surface area (Å²) in [5, 5.41) is 16.5. The SMILES string of the molecule is CCC(C)CN(CC(C)CC)C(=O)C(NC(=O)C1=Nn2c(nnc2-c2ccc(Cl)cc2)C1)C(C)C. The van der Waals surface area contributed by atoms with E-state index in [1.54, 1.807) is 16.8 Å². The van der Waals surface area contributed by atoms with Crippen LogP contribution in [-0.2, 0) is 16.0 Å². The first-order valence-corrected chi connectivity index (χ1v) is 12.9. The van der Waals surface area contributed by atoms with Crippen molar-refractivity contribution < 1.29 is 9.59 Å². The zero-order chi connectivity index (χ0) is 25.7. The molecule has 2 amide bonds. The zero-order valence-corrected chi connectivity index (χ0v) is 22.3. The number of carbonyl (C=O) groups is 2.